The van der Waals surface area contributed by atoms with Crippen molar-refractivity contribution in [2.45, 2.75) is 19.9 Å². The van der Waals surface area contributed by atoms with Gasteiger partial charge in [0.15, 0.2) is 0 Å². The van der Waals surface area contributed by atoms with Crippen molar-refractivity contribution in [3.8, 4) is 0 Å². The zero-order chi connectivity index (χ0) is 10.5. The fraction of sp³-hybridized carbons (Fsp3) is 0.583. The molecular formula is C12H18N2O. The van der Waals surface area contributed by atoms with Crippen molar-refractivity contribution in [1.29, 1.82) is 0 Å². The van der Waals surface area contributed by atoms with Gasteiger partial charge in [0.25, 0.3) is 0 Å². The van der Waals surface area contributed by atoms with Gasteiger partial charge in [0.2, 0.25) is 0 Å². The second kappa shape index (κ2) is 5.24. The molecule has 1 atom stereocenters. The van der Waals surface area contributed by atoms with Crippen LogP contribution in [0.1, 0.15) is 17.7 Å². The molecule has 1 aromatic rings. The molecule has 82 valence electrons. The number of hydrogen-bond donors (Lipinski definition) is 1. The number of ether oxygens (including phenoxy) is 1. The molecule has 0 saturated carbocycles. The van der Waals surface area contributed by atoms with Crippen molar-refractivity contribution in [2.75, 3.05) is 19.8 Å². The molecule has 0 spiro atoms. The van der Waals surface area contributed by atoms with Crippen LogP contribution in [0.25, 0.3) is 0 Å². The van der Waals surface area contributed by atoms with Gasteiger partial charge in [-0.2, -0.15) is 0 Å². The summed E-state index contributed by atoms with van der Waals surface area (Å²) in [5.74, 6) is 0.690. The molecule has 1 N–H and O–H groups in total. The van der Waals surface area contributed by atoms with Crippen LogP contribution in [0.2, 0.25) is 0 Å². The highest BCUT2D eigenvalue weighted by Crippen LogP contribution is 2.10. The second-order valence-electron chi connectivity index (χ2n) is 4.19. The highest BCUT2D eigenvalue weighted by atomic mass is 16.5. The Balaban J connectivity index is 1.71. The third-order valence-corrected chi connectivity index (χ3v) is 2.74. The van der Waals surface area contributed by atoms with Gasteiger partial charge in [0.1, 0.15) is 0 Å². The van der Waals surface area contributed by atoms with Crippen LogP contribution >= 0.6 is 0 Å². The highest BCUT2D eigenvalue weighted by Gasteiger charge is 2.14. The van der Waals surface area contributed by atoms with Crippen LogP contribution in [0.4, 0.5) is 0 Å². The molecule has 0 bridgehead atoms. The third-order valence-electron chi connectivity index (χ3n) is 2.74. The van der Waals surface area contributed by atoms with Crippen LogP contribution in [0, 0.1) is 12.8 Å². The first kappa shape index (κ1) is 10.6. The summed E-state index contributed by atoms with van der Waals surface area (Å²) in [4.78, 5) is 4.35. The summed E-state index contributed by atoms with van der Waals surface area (Å²) in [5.41, 5.74) is 2.32. The minimum absolute atomic E-state index is 0.690. The van der Waals surface area contributed by atoms with Gasteiger partial charge in [-0.05, 0) is 30.9 Å². The van der Waals surface area contributed by atoms with Crippen LogP contribution in [-0.2, 0) is 11.3 Å². The van der Waals surface area contributed by atoms with Gasteiger partial charge >= 0.3 is 0 Å². The normalized spacial score (nSPS) is 20.7. The number of hydrogen-bond acceptors (Lipinski definition) is 3. The monoisotopic (exact) mass is 206 g/mol. The van der Waals surface area contributed by atoms with E-state index in [0.717, 1.165) is 32.0 Å². The molecule has 3 nitrogen and oxygen atoms in total. The van der Waals surface area contributed by atoms with Gasteiger partial charge < -0.3 is 10.1 Å². The van der Waals surface area contributed by atoms with Crippen molar-refractivity contribution in [1.82, 2.24) is 10.3 Å². The quantitative estimate of drug-likeness (QED) is 0.811. The summed E-state index contributed by atoms with van der Waals surface area (Å²) in [6.07, 6.45) is 3.10. The van der Waals surface area contributed by atoms with Crippen LogP contribution in [0.15, 0.2) is 18.3 Å². The molecule has 0 radical (unpaired) electrons. The number of nitrogens with zero attached hydrogens (tertiary/aromatic N) is 1. The van der Waals surface area contributed by atoms with Crippen molar-refractivity contribution in [3.63, 3.8) is 0 Å². The molecule has 1 aliphatic heterocycles. The SMILES string of the molecule is Cc1ccc(CNCC2CCOC2)nc1. The molecule has 2 heterocycles. The maximum atomic E-state index is 5.32. The van der Waals surface area contributed by atoms with E-state index >= 15 is 0 Å². The molecule has 1 aromatic heterocycles. The lowest BCUT2D eigenvalue weighted by Crippen LogP contribution is -2.23. The van der Waals surface area contributed by atoms with E-state index in [2.05, 4.69) is 29.4 Å². The Bertz CT molecular complexity index is 291. The number of aryl methyl sites for hydroxylation is 1. The Morgan fingerprint density at radius 3 is 3.13 bits per heavy atom. The largest absolute Gasteiger partial charge is 0.381 e. The average molecular weight is 206 g/mol. The van der Waals surface area contributed by atoms with E-state index in [1.807, 2.05) is 6.20 Å². The topological polar surface area (TPSA) is 34.1 Å². The van der Waals surface area contributed by atoms with E-state index in [1.165, 1.54) is 12.0 Å². The summed E-state index contributed by atoms with van der Waals surface area (Å²) in [5, 5.41) is 3.42. The number of aromatic nitrogens is 1. The van der Waals surface area contributed by atoms with Gasteiger partial charge in [-0.25, -0.2) is 0 Å². The second-order valence-corrected chi connectivity index (χ2v) is 4.19. The van der Waals surface area contributed by atoms with Crippen molar-refractivity contribution < 1.29 is 4.74 Å². The molecule has 15 heavy (non-hydrogen) atoms. The van der Waals surface area contributed by atoms with Crippen LogP contribution in [-0.4, -0.2) is 24.7 Å². The Kier molecular flexibility index (Phi) is 3.69. The van der Waals surface area contributed by atoms with E-state index in [4.69, 9.17) is 4.74 Å². The van der Waals surface area contributed by atoms with Gasteiger partial charge in [0.05, 0.1) is 12.3 Å². The standard InChI is InChI=1S/C12H18N2O/c1-10-2-3-12(14-6-10)8-13-7-11-4-5-15-9-11/h2-3,6,11,13H,4-5,7-9H2,1H3. The Hall–Kier alpha value is -0.930. The average Bonchev–Trinajstić information content (AvgIpc) is 2.74. The molecule has 3 heteroatoms. The maximum absolute atomic E-state index is 5.32. The molecular weight excluding hydrogens is 188 g/mol. The minimum Gasteiger partial charge on any atom is -0.381 e. The van der Waals surface area contributed by atoms with E-state index < -0.39 is 0 Å². The molecule has 1 unspecified atom stereocenters. The van der Waals surface area contributed by atoms with Crippen molar-refractivity contribution in [3.05, 3.63) is 29.6 Å². The van der Waals surface area contributed by atoms with Gasteiger partial charge in [0, 0.05) is 25.9 Å². The van der Waals surface area contributed by atoms with Crippen molar-refractivity contribution >= 4 is 0 Å². The first-order valence-corrected chi connectivity index (χ1v) is 5.54. The molecule has 1 saturated heterocycles. The van der Waals surface area contributed by atoms with E-state index in [9.17, 15) is 0 Å². The first-order valence-electron chi connectivity index (χ1n) is 5.54. The lowest BCUT2D eigenvalue weighted by atomic mass is 10.1. The Labute approximate surface area is 90.9 Å². The predicted octanol–water partition coefficient (Wildman–Crippen LogP) is 1.52. The molecule has 1 fully saturated rings. The minimum atomic E-state index is 0.690. The van der Waals surface area contributed by atoms with Gasteiger partial charge in [-0.1, -0.05) is 6.07 Å². The lowest BCUT2D eigenvalue weighted by Gasteiger charge is -2.08. The van der Waals surface area contributed by atoms with Gasteiger partial charge in [-0.3, -0.25) is 4.98 Å². The zero-order valence-electron chi connectivity index (χ0n) is 9.20. The summed E-state index contributed by atoms with van der Waals surface area (Å²) in [7, 11) is 0. The van der Waals surface area contributed by atoms with Crippen LogP contribution in [0.5, 0.6) is 0 Å². The third kappa shape index (κ3) is 3.29. The Morgan fingerprint density at radius 1 is 1.53 bits per heavy atom. The van der Waals surface area contributed by atoms with E-state index in [-0.39, 0.29) is 0 Å². The zero-order valence-corrected chi connectivity index (χ0v) is 9.20. The predicted molar refractivity (Wildman–Crippen MR) is 59.6 cm³/mol. The molecule has 0 aromatic carbocycles. The molecule has 1 aliphatic rings. The number of nitrogens with one attached hydrogen (secondary N) is 1. The first-order chi connectivity index (χ1) is 7.34. The lowest BCUT2D eigenvalue weighted by molar-refractivity contribution is 0.185. The molecule has 0 aliphatic carbocycles. The van der Waals surface area contributed by atoms with Crippen LogP contribution < -0.4 is 5.32 Å². The molecule has 0 amide bonds. The summed E-state index contributed by atoms with van der Waals surface area (Å²) >= 11 is 0. The van der Waals surface area contributed by atoms with Crippen LogP contribution in [0.3, 0.4) is 0 Å². The molecule has 2 rings (SSSR count). The summed E-state index contributed by atoms with van der Waals surface area (Å²) in [6, 6.07) is 4.18. The van der Waals surface area contributed by atoms with E-state index in [1.54, 1.807) is 0 Å². The smallest absolute Gasteiger partial charge is 0.0541 e. The number of rotatable bonds is 4. The van der Waals surface area contributed by atoms with Crippen molar-refractivity contribution in [2.24, 2.45) is 5.92 Å². The highest BCUT2D eigenvalue weighted by molar-refractivity contribution is 5.11. The summed E-state index contributed by atoms with van der Waals surface area (Å²) in [6.45, 7) is 5.79. The maximum Gasteiger partial charge on any atom is 0.0541 e. The van der Waals surface area contributed by atoms with E-state index in [0.29, 0.717) is 5.92 Å². The fourth-order valence-electron chi connectivity index (χ4n) is 1.75. The fourth-order valence-corrected chi connectivity index (χ4v) is 1.75. The van der Waals surface area contributed by atoms with Gasteiger partial charge in [-0.15, -0.1) is 0 Å². The number of pyridine rings is 1. The summed E-state index contributed by atoms with van der Waals surface area (Å²) < 4.78 is 5.32. The Morgan fingerprint density at radius 2 is 2.47 bits per heavy atom.